The van der Waals surface area contributed by atoms with Crippen LogP contribution in [0, 0.1) is 0 Å². The normalized spacial score (nSPS) is 18.5. The molecule has 1 saturated heterocycles. The van der Waals surface area contributed by atoms with E-state index in [1.807, 2.05) is 51.2 Å². The van der Waals surface area contributed by atoms with Gasteiger partial charge in [0.1, 0.15) is 0 Å². The highest BCUT2D eigenvalue weighted by Crippen LogP contribution is 2.38. The zero-order valence-electron chi connectivity index (χ0n) is 15.0. The summed E-state index contributed by atoms with van der Waals surface area (Å²) in [5.74, 6) is 0.183. The minimum absolute atomic E-state index is 0.0808. The Hall–Kier alpha value is -1.40. The number of carbonyl (C=O) groups is 1. The van der Waals surface area contributed by atoms with Gasteiger partial charge in [0.25, 0.3) is 0 Å². The van der Waals surface area contributed by atoms with Crippen LogP contribution in [0.25, 0.3) is 0 Å². The molecule has 0 aromatic heterocycles. The predicted octanol–water partition coefficient (Wildman–Crippen LogP) is 2.24. The molecule has 0 spiro atoms. The Labute approximate surface area is 145 Å². The van der Waals surface area contributed by atoms with Gasteiger partial charge in [-0.05, 0) is 39.2 Å². The molecule has 1 aliphatic heterocycles. The standard InChI is InChI=1S/C18H28N2O3S/c1-5-24(22,23)20-13-11-18(12-14-20,16-9-7-6-8-10-16)17(21)19(4)15(2)3/h6-10,15H,5,11-14H2,1-4H3. The van der Waals surface area contributed by atoms with Crippen molar-refractivity contribution in [2.24, 2.45) is 0 Å². The SMILES string of the molecule is CCS(=O)(=O)N1CCC(C(=O)N(C)C(C)C)(c2ccccc2)CC1. The van der Waals surface area contributed by atoms with Crippen molar-refractivity contribution in [2.45, 2.75) is 45.1 Å². The largest absolute Gasteiger partial charge is 0.343 e. The maximum atomic E-state index is 13.2. The first kappa shape index (κ1) is 18.9. The fourth-order valence-electron chi connectivity index (χ4n) is 3.28. The van der Waals surface area contributed by atoms with E-state index < -0.39 is 15.4 Å². The monoisotopic (exact) mass is 352 g/mol. The number of amides is 1. The molecule has 0 unspecified atom stereocenters. The molecule has 24 heavy (non-hydrogen) atoms. The Balaban J connectivity index is 2.36. The van der Waals surface area contributed by atoms with Crippen LogP contribution in [0.2, 0.25) is 0 Å². The van der Waals surface area contributed by atoms with Gasteiger partial charge in [-0.1, -0.05) is 30.3 Å². The maximum absolute atomic E-state index is 13.2. The number of piperidine rings is 1. The highest BCUT2D eigenvalue weighted by Gasteiger charge is 2.46. The average Bonchev–Trinajstić information content (AvgIpc) is 2.61. The minimum Gasteiger partial charge on any atom is -0.343 e. The van der Waals surface area contributed by atoms with E-state index in [1.165, 1.54) is 4.31 Å². The van der Waals surface area contributed by atoms with Gasteiger partial charge in [0.15, 0.2) is 0 Å². The van der Waals surface area contributed by atoms with Crippen LogP contribution in [-0.2, 0) is 20.2 Å². The number of nitrogens with zero attached hydrogens (tertiary/aromatic N) is 2. The molecule has 1 aromatic rings. The van der Waals surface area contributed by atoms with E-state index in [4.69, 9.17) is 0 Å². The van der Waals surface area contributed by atoms with Gasteiger partial charge in [0, 0.05) is 26.2 Å². The minimum atomic E-state index is -3.21. The van der Waals surface area contributed by atoms with Crippen molar-refractivity contribution in [1.82, 2.24) is 9.21 Å². The van der Waals surface area contributed by atoms with Crippen molar-refractivity contribution >= 4 is 15.9 Å². The van der Waals surface area contributed by atoms with Crippen LogP contribution >= 0.6 is 0 Å². The lowest BCUT2D eigenvalue weighted by Crippen LogP contribution is -2.54. The Morgan fingerprint density at radius 3 is 2.21 bits per heavy atom. The number of rotatable bonds is 5. The Bertz CT molecular complexity index is 663. The number of hydrogen-bond donors (Lipinski definition) is 0. The molecule has 1 amide bonds. The van der Waals surface area contributed by atoms with E-state index in [1.54, 1.807) is 11.8 Å². The first-order valence-corrected chi connectivity index (χ1v) is 10.2. The summed E-state index contributed by atoms with van der Waals surface area (Å²) in [6, 6.07) is 9.89. The fourth-order valence-corrected chi connectivity index (χ4v) is 4.39. The summed E-state index contributed by atoms with van der Waals surface area (Å²) in [4.78, 5) is 15.0. The average molecular weight is 353 g/mol. The molecule has 0 radical (unpaired) electrons. The van der Waals surface area contributed by atoms with E-state index in [0.717, 1.165) is 5.56 Å². The summed E-state index contributed by atoms with van der Waals surface area (Å²) in [5.41, 5.74) is 0.344. The third-order valence-corrected chi connectivity index (χ3v) is 7.05. The molecule has 1 aromatic carbocycles. The van der Waals surface area contributed by atoms with E-state index in [9.17, 15) is 13.2 Å². The molecule has 0 aliphatic carbocycles. The highest BCUT2D eigenvalue weighted by atomic mass is 32.2. The van der Waals surface area contributed by atoms with Gasteiger partial charge in [-0.25, -0.2) is 12.7 Å². The second kappa shape index (κ2) is 7.23. The van der Waals surface area contributed by atoms with Gasteiger partial charge in [-0.2, -0.15) is 0 Å². The first-order chi connectivity index (χ1) is 11.2. The zero-order valence-corrected chi connectivity index (χ0v) is 15.8. The molecular formula is C18H28N2O3S. The maximum Gasteiger partial charge on any atom is 0.233 e. The summed E-state index contributed by atoms with van der Waals surface area (Å²) in [7, 11) is -1.38. The van der Waals surface area contributed by atoms with Crippen molar-refractivity contribution in [3.8, 4) is 0 Å². The molecular weight excluding hydrogens is 324 g/mol. The van der Waals surface area contributed by atoms with Gasteiger partial charge in [0.2, 0.25) is 15.9 Å². The molecule has 6 heteroatoms. The molecule has 1 fully saturated rings. The predicted molar refractivity (Wildman–Crippen MR) is 96.3 cm³/mol. The molecule has 2 rings (SSSR count). The fraction of sp³-hybridized carbons (Fsp3) is 0.611. The van der Waals surface area contributed by atoms with Crippen LogP contribution in [0.3, 0.4) is 0 Å². The van der Waals surface area contributed by atoms with Crippen molar-refractivity contribution in [2.75, 3.05) is 25.9 Å². The first-order valence-electron chi connectivity index (χ1n) is 8.55. The van der Waals surface area contributed by atoms with Gasteiger partial charge >= 0.3 is 0 Å². The Morgan fingerprint density at radius 2 is 1.75 bits per heavy atom. The Morgan fingerprint density at radius 1 is 1.21 bits per heavy atom. The number of benzene rings is 1. The van der Waals surface area contributed by atoms with Gasteiger partial charge in [0.05, 0.1) is 11.2 Å². The van der Waals surface area contributed by atoms with Crippen molar-refractivity contribution in [3.63, 3.8) is 0 Å². The lowest BCUT2D eigenvalue weighted by Gasteiger charge is -2.43. The quantitative estimate of drug-likeness (QED) is 0.816. The third kappa shape index (κ3) is 3.49. The van der Waals surface area contributed by atoms with E-state index in [-0.39, 0.29) is 17.7 Å². The smallest absolute Gasteiger partial charge is 0.233 e. The molecule has 134 valence electrons. The van der Waals surface area contributed by atoms with Crippen LogP contribution in [-0.4, -0.2) is 55.5 Å². The van der Waals surface area contributed by atoms with Gasteiger partial charge < -0.3 is 4.90 Å². The number of carbonyl (C=O) groups excluding carboxylic acids is 1. The second-order valence-corrected chi connectivity index (χ2v) is 9.02. The molecule has 0 saturated carbocycles. The lowest BCUT2D eigenvalue weighted by atomic mass is 9.72. The van der Waals surface area contributed by atoms with E-state index >= 15 is 0 Å². The second-order valence-electron chi connectivity index (χ2n) is 6.76. The number of likely N-dealkylation sites (N-methyl/N-ethyl adjacent to an activating group) is 1. The molecule has 0 N–H and O–H groups in total. The van der Waals surface area contributed by atoms with Crippen LogP contribution in [0.1, 0.15) is 39.2 Å². The van der Waals surface area contributed by atoms with Crippen molar-refractivity contribution < 1.29 is 13.2 Å². The van der Waals surface area contributed by atoms with E-state index in [2.05, 4.69) is 0 Å². The highest BCUT2D eigenvalue weighted by molar-refractivity contribution is 7.89. The number of sulfonamides is 1. The third-order valence-electron chi connectivity index (χ3n) is 5.16. The lowest BCUT2D eigenvalue weighted by molar-refractivity contribution is -0.139. The molecule has 1 heterocycles. The zero-order chi connectivity index (χ0) is 18.0. The summed E-state index contributed by atoms with van der Waals surface area (Å²) in [6.45, 7) is 6.43. The molecule has 1 aliphatic rings. The van der Waals surface area contributed by atoms with Crippen LogP contribution in [0.4, 0.5) is 0 Å². The van der Waals surface area contributed by atoms with Gasteiger partial charge in [-0.15, -0.1) is 0 Å². The van der Waals surface area contributed by atoms with Crippen LogP contribution in [0.15, 0.2) is 30.3 Å². The van der Waals surface area contributed by atoms with E-state index in [0.29, 0.717) is 25.9 Å². The number of hydrogen-bond acceptors (Lipinski definition) is 3. The Kier molecular flexibility index (Phi) is 5.71. The van der Waals surface area contributed by atoms with Crippen LogP contribution in [0.5, 0.6) is 0 Å². The van der Waals surface area contributed by atoms with Gasteiger partial charge in [-0.3, -0.25) is 4.79 Å². The molecule has 5 nitrogen and oxygen atoms in total. The summed E-state index contributed by atoms with van der Waals surface area (Å²) >= 11 is 0. The topological polar surface area (TPSA) is 57.7 Å². The summed E-state index contributed by atoms with van der Waals surface area (Å²) in [6.07, 6.45) is 1.04. The molecule has 0 atom stereocenters. The molecule has 0 bridgehead atoms. The van der Waals surface area contributed by atoms with Crippen molar-refractivity contribution in [3.05, 3.63) is 35.9 Å². The van der Waals surface area contributed by atoms with Crippen molar-refractivity contribution in [1.29, 1.82) is 0 Å². The summed E-state index contributed by atoms with van der Waals surface area (Å²) in [5, 5.41) is 0. The summed E-state index contributed by atoms with van der Waals surface area (Å²) < 4.78 is 25.8. The van der Waals surface area contributed by atoms with Crippen LogP contribution < -0.4 is 0 Å².